The Morgan fingerprint density at radius 1 is 0.513 bits per heavy atom. The number of amides is 2. The average Bonchev–Trinajstić information content (AvgIpc) is 3.00. The second-order valence-corrected chi connectivity index (χ2v) is 15.4. The molecule has 0 saturated carbocycles. The number of hydrogen-bond acceptors (Lipinski definition) is 4. The second kappa shape index (κ2) is 12.0. The maximum absolute atomic E-state index is 14.2. The molecule has 2 N–H and O–H groups in total. The smallest absolute Gasteiger partial charge is 0.235 e. The molecule has 0 unspecified atom stereocenters. The summed E-state index contributed by atoms with van der Waals surface area (Å²) in [5.41, 5.74) is -1.50. The Kier molecular flexibility index (Phi) is 8.70. The van der Waals surface area contributed by atoms with Gasteiger partial charge in [0.1, 0.15) is 5.41 Å². The monoisotopic (exact) mass is 558 g/mol. The Labute approximate surface area is 229 Å². The van der Waals surface area contributed by atoms with Gasteiger partial charge in [0.2, 0.25) is 11.8 Å². The first kappa shape index (κ1) is 28.3. The third-order valence-electron chi connectivity index (χ3n) is 6.75. The van der Waals surface area contributed by atoms with Crippen LogP contribution in [0.25, 0.3) is 0 Å². The Hall–Kier alpha value is -3.72. The van der Waals surface area contributed by atoms with Gasteiger partial charge in [-0.15, -0.1) is 0 Å². The molecule has 0 aromatic heterocycles. The zero-order valence-electron chi connectivity index (χ0n) is 22.0. The third kappa shape index (κ3) is 6.14. The van der Waals surface area contributed by atoms with Gasteiger partial charge in [-0.3, -0.25) is 9.59 Å². The first-order valence-corrected chi connectivity index (χ1v) is 16.4. The van der Waals surface area contributed by atoms with E-state index in [1.165, 1.54) is 13.8 Å². The predicted octanol–water partition coefficient (Wildman–Crippen LogP) is 4.19. The van der Waals surface area contributed by atoms with E-state index in [0.29, 0.717) is 21.2 Å². The van der Waals surface area contributed by atoms with Gasteiger partial charge in [-0.2, -0.15) is 0 Å². The molecule has 200 valence electrons. The molecule has 0 heterocycles. The molecular weight excluding hydrogens is 526 g/mol. The van der Waals surface area contributed by atoms with Crippen LogP contribution in [0.5, 0.6) is 0 Å². The summed E-state index contributed by atoms with van der Waals surface area (Å²) in [6.45, 7) is 3.01. The molecule has 8 heteroatoms. The highest BCUT2D eigenvalue weighted by Gasteiger charge is 2.39. The van der Waals surface area contributed by atoms with Crippen LogP contribution in [0.4, 0.5) is 0 Å². The lowest BCUT2D eigenvalue weighted by molar-refractivity contribution is -0.140. The number of carbonyl (C=O) groups is 2. The van der Waals surface area contributed by atoms with E-state index in [1.807, 2.05) is 72.8 Å². The average molecular weight is 559 g/mol. The standard InChI is InChI=1S/C31H32N2O4P2/c1-31(2,29(34)32-23-38(36,25-15-7-3-8-16-25)26-17-9-4-10-18-26)30(35)33-24-39(37,27-19-11-5-12-20-27)28-21-13-6-14-22-28/h3-22H,23-24H2,1-2H3,(H,32,34)(H,33,35). The summed E-state index contributed by atoms with van der Waals surface area (Å²) in [6.07, 6.45) is -0.272. The molecule has 0 bridgehead atoms. The quantitative estimate of drug-likeness (QED) is 0.226. The minimum atomic E-state index is -3.21. The van der Waals surface area contributed by atoms with E-state index in [-0.39, 0.29) is 12.6 Å². The number of hydrogen-bond donors (Lipinski definition) is 2. The van der Waals surface area contributed by atoms with Crippen LogP contribution in [0.15, 0.2) is 121 Å². The molecule has 0 fully saturated rings. The van der Waals surface area contributed by atoms with Crippen LogP contribution < -0.4 is 31.9 Å². The van der Waals surface area contributed by atoms with E-state index in [9.17, 15) is 18.7 Å². The van der Waals surface area contributed by atoms with Crippen molar-refractivity contribution in [1.82, 2.24) is 10.6 Å². The second-order valence-electron chi connectivity index (χ2n) is 9.77. The van der Waals surface area contributed by atoms with Gasteiger partial charge in [-0.1, -0.05) is 121 Å². The van der Waals surface area contributed by atoms with E-state index in [1.54, 1.807) is 48.5 Å². The molecule has 0 spiro atoms. The van der Waals surface area contributed by atoms with Crippen molar-refractivity contribution in [2.45, 2.75) is 13.8 Å². The van der Waals surface area contributed by atoms with Gasteiger partial charge in [0.05, 0.1) is 12.6 Å². The highest BCUT2D eigenvalue weighted by molar-refractivity contribution is 7.79. The molecule has 0 radical (unpaired) electrons. The summed E-state index contributed by atoms with van der Waals surface area (Å²) in [5, 5.41) is 8.00. The zero-order chi connectivity index (χ0) is 27.9. The third-order valence-corrected chi connectivity index (χ3v) is 12.5. The van der Waals surface area contributed by atoms with Crippen LogP contribution >= 0.6 is 14.3 Å². The van der Waals surface area contributed by atoms with E-state index >= 15 is 0 Å². The van der Waals surface area contributed by atoms with Crippen molar-refractivity contribution in [3.05, 3.63) is 121 Å². The summed E-state index contributed by atoms with van der Waals surface area (Å²) in [6, 6.07) is 36.1. The molecule has 4 rings (SSSR count). The lowest BCUT2D eigenvalue weighted by Crippen LogP contribution is -2.49. The normalized spacial score (nSPS) is 11.9. The summed E-state index contributed by atoms with van der Waals surface area (Å²) in [7, 11) is -6.42. The van der Waals surface area contributed by atoms with Gasteiger partial charge in [-0.25, -0.2) is 0 Å². The molecule has 39 heavy (non-hydrogen) atoms. The van der Waals surface area contributed by atoms with Gasteiger partial charge in [0.25, 0.3) is 0 Å². The fraction of sp³-hybridized carbons (Fsp3) is 0.161. The van der Waals surface area contributed by atoms with Crippen LogP contribution in [-0.2, 0) is 18.7 Å². The lowest BCUT2D eigenvalue weighted by atomic mass is 9.91. The molecule has 2 amide bonds. The van der Waals surface area contributed by atoms with E-state index in [4.69, 9.17) is 0 Å². The number of rotatable bonds is 10. The van der Waals surface area contributed by atoms with Crippen LogP contribution in [0.3, 0.4) is 0 Å². The van der Waals surface area contributed by atoms with Crippen molar-refractivity contribution in [2.24, 2.45) is 5.41 Å². The Balaban J connectivity index is 1.51. The number of nitrogens with one attached hydrogen (secondary N) is 2. The summed E-state index contributed by atoms with van der Waals surface area (Å²) < 4.78 is 28.5. The fourth-order valence-corrected chi connectivity index (χ4v) is 8.92. The molecule has 4 aromatic rings. The van der Waals surface area contributed by atoms with Crippen LogP contribution in [0, 0.1) is 5.41 Å². The first-order valence-electron chi connectivity index (χ1n) is 12.7. The van der Waals surface area contributed by atoms with E-state index in [2.05, 4.69) is 10.6 Å². The van der Waals surface area contributed by atoms with E-state index in [0.717, 1.165) is 0 Å². The molecule has 0 aliphatic carbocycles. The van der Waals surface area contributed by atoms with Crippen LogP contribution in [0.2, 0.25) is 0 Å². The first-order chi connectivity index (χ1) is 18.7. The minimum absolute atomic E-state index is 0.136. The Morgan fingerprint density at radius 2 is 0.744 bits per heavy atom. The van der Waals surface area contributed by atoms with E-state index < -0.39 is 31.5 Å². The minimum Gasteiger partial charge on any atom is -0.348 e. The van der Waals surface area contributed by atoms with Gasteiger partial charge in [0.15, 0.2) is 14.3 Å². The summed E-state index contributed by atoms with van der Waals surface area (Å²) >= 11 is 0. The molecule has 0 saturated heterocycles. The predicted molar refractivity (Wildman–Crippen MR) is 159 cm³/mol. The molecule has 4 aromatic carbocycles. The lowest BCUT2D eigenvalue weighted by Gasteiger charge is -2.27. The van der Waals surface area contributed by atoms with Crippen molar-refractivity contribution < 1.29 is 18.7 Å². The van der Waals surface area contributed by atoms with Crippen molar-refractivity contribution in [2.75, 3.05) is 12.6 Å². The zero-order valence-corrected chi connectivity index (χ0v) is 23.8. The largest absolute Gasteiger partial charge is 0.348 e. The van der Waals surface area contributed by atoms with Crippen LogP contribution in [-0.4, -0.2) is 24.4 Å². The van der Waals surface area contributed by atoms with Crippen molar-refractivity contribution in [1.29, 1.82) is 0 Å². The summed E-state index contributed by atoms with van der Waals surface area (Å²) in [5.74, 6) is -1.14. The molecule has 6 nitrogen and oxygen atoms in total. The van der Waals surface area contributed by atoms with Gasteiger partial charge < -0.3 is 19.8 Å². The van der Waals surface area contributed by atoms with Crippen molar-refractivity contribution in [3.63, 3.8) is 0 Å². The highest BCUT2D eigenvalue weighted by atomic mass is 31.2. The van der Waals surface area contributed by atoms with Crippen molar-refractivity contribution >= 4 is 47.3 Å². The Bertz CT molecular complexity index is 1310. The fourth-order valence-electron chi connectivity index (χ4n) is 4.25. The number of carbonyl (C=O) groups excluding carboxylic acids is 2. The SMILES string of the molecule is CC(C)(C(=O)NCP(=O)(c1ccccc1)c1ccccc1)C(=O)NCP(=O)(c1ccccc1)c1ccccc1. The van der Waals surface area contributed by atoms with Crippen LogP contribution in [0.1, 0.15) is 13.8 Å². The van der Waals surface area contributed by atoms with Crippen molar-refractivity contribution in [3.8, 4) is 0 Å². The highest BCUT2D eigenvalue weighted by Crippen LogP contribution is 2.43. The Morgan fingerprint density at radius 3 is 0.974 bits per heavy atom. The van der Waals surface area contributed by atoms with Gasteiger partial charge in [-0.05, 0) is 13.8 Å². The van der Waals surface area contributed by atoms with Gasteiger partial charge >= 0.3 is 0 Å². The molecule has 0 aliphatic rings. The molecule has 0 aliphatic heterocycles. The maximum atomic E-state index is 14.2. The van der Waals surface area contributed by atoms with Gasteiger partial charge in [0, 0.05) is 21.2 Å². The summed E-state index contributed by atoms with van der Waals surface area (Å²) in [4.78, 5) is 26.6. The maximum Gasteiger partial charge on any atom is 0.235 e. The topological polar surface area (TPSA) is 92.3 Å². The molecular formula is C31H32N2O4P2. The molecule has 0 atom stereocenters. The number of benzene rings is 4.